The molecule has 0 unspecified atom stereocenters. The molecule has 10 heteroatoms. The molecule has 0 aliphatic carbocycles. The Hall–Kier alpha value is -2.27. The standard InChI is InChI=1S/C21H29FN4OS.C4H8O.C3H8.2CH4O/c1-4-16-14-23-21(24-15-16)26-9-7-17(8-10-26)25(2)11-12-27-18-5-6-20(28-3)19(22)13-18;1-3-4(2)5;1-3-2;2*1-2/h5-6,13-15,17H,4,7-12H2,1-3H3;3H2,1-2H3;3H2,1-2H3;2*2H,1H3. The number of ketones is 1. The predicted octanol–water partition coefficient (Wildman–Crippen LogP) is 5.50. The molecule has 1 aromatic carbocycles. The molecule has 2 heterocycles. The summed E-state index contributed by atoms with van der Waals surface area (Å²) in [6, 6.07) is 5.58. The van der Waals surface area contributed by atoms with Gasteiger partial charge in [0.25, 0.3) is 0 Å². The first-order chi connectivity index (χ1) is 19.3. The molecule has 1 aromatic heterocycles. The van der Waals surface area contributed by atoms with E-state index in [0.717, 1.165) is 59.1 Å². The van der Waals surface area contributed by atoms with Crippen molar-refractivity contribution in [2.45, 2.75) is 77.7 Å². The zero-order valence-corrected chi connectivity index (χ0v) is 26.9. The van der Waals surface area contributed by atoms with E-state index in [1.165, 1.54) is 29.8 Å². The fraction of sp³-hybridized carbons (Fsp3) is 0.633. The second-order valence-corrected chi connectivity index (χ2v) is 9.70. The van der Waals surface area contributed by atoms with Gasteiger partial charge in [0.15, 0.2) is 0 Å². The van der Waals surface area contributed by atoms with Crippen LogP contribution in [0, 0.1) is 5.82 Å². The fourth-order valence-electron chi connectivity index (χ4n) is 3.43. The lowest BCUT2D eigenvalue weighted by Crippen LogP contribution is -2.45. The first kappa shape index (κ1) is 39.9. The van der Waals surface area contributed by atoms with Crippen LogP contribution >= 0.6 is 11.8 Å². The minimum absolute atomic E-state index is 0.222. The first-order valence-electron chi connectivity index (χ1n) is 13.9. The minimum atomic E-state index is -0.222. The normalized spacial score (nSPS) is 12.4. The third-order valence-electron chi connectivity index (χ3n) is 5.80. The Morgan fingerprint density at radius 2 is 1.62 bits per heavy atom. The number of hydrogen-bond acceptors (Lipinski definition) is 9. The summed E-state index contributed by atoms with van der Waals surface area (Å²) in [5.41, 5.74) is 1.17. The van der Waals surface area contributed by atoms with Gasteiger partial charge in [0.1, 0.15) is 24.0 Å². The molecule has 3 rings (SSSR count). The fourth-order valence-corrected chi connectivity index (χ4v) is 3.89. The number of piperidine rings is 1. The number of halogens is 1. The maximum atomic E-state index is 13.8. The van der Waals surface area contributed by atoms with Gasteiger partial charge in [-0.2, -0.15) is 0 Å². The van der Waals surface area contributed by atoms with Crippen LogP contribution in [0.25, 0.3) is 0 Å². The SMILES string of the molecule is CCC.CCC(C)=O.CCc1cnc(N2CCC(N(C)CCOc3ccc(SC)c(F)c3)CC2)nc1.CO.CO. The number of benzene rings is 1. The number of aryl methyl sites for hydroxylation is 1. The van der Waals surface area contributed by atoms with Crippen molar-refractivity contribution in [3.8, 4) is 5.75 Å². The van der Waals surface area contributed by atoms with E-state index in [9.17, 15) is 9.18 Å². The smallest absolute Gasteiger partial charge is 0.225 e. The number of likely N-dealkylation sites (N-methyl/N-ethyl adjacent to an activating group) is 1. The molecule has 1 aliphatic rings. The van der Waals surface area contributed by atoms with E-state index in [-0.39, 0.29) is 11.6 Å². The van der Waals surface area contributed by atoms with Crippen LogP contribution in [0.3, 0.4) is 0 Å². The summed E-state index contributed by atoms with van der Waals surface area (Å²) >= 11 is 1.40. The van der Waals surface area contributed by atoms with Crippen molar-refractivity contribution in [1.82, 2.24) is 14.9 Å². The Bertz CT molecular complexity index is 883. The average Bonchev–Trinajstić information content (AvgIpc) is 3.00. The van der Waals surface area contributed by atoms with Crippen LogP contribution in [-0.2, 0) is 11.2 Å². The Balaban J connectivity index is 0. The van der Waals surface area contributed by atoms with Crippen LogP contribution in [-0.4, -0.2) is 90.7 Å². The van der Waals surface area contributed by atoms with Crippen molar-refractivity contribution in [2.24, 2.45) is 0 Å². The van der Waals surface area contributed by atoms with Gasteiger partial charge in [0.05, 0.1) is 0 Å². The number of carbonyl (C=O) groups is 1. The van der Waals surface area contributed by atoms with Crippen LogP contribution in [0.2, 0.25) is 0 Å². The number of ether oxygens (including phenoxy) is 1. The molecule has 0 saturated carbocycles. The molecule has 1 saturated heterocycles. The van der Waals surface area contributed by atoms with Crippen LogP contribution in [0.1, 0.15) is 65.9 Å². The molecule has 2 aromatic rings. The number of thioether (sulfide) groups is 1. The van der Waals surface area contributed by atoms with E-state index >= 15 is 0 Å². The molecule has 0 bridgehead atoms. The minimum Gasteiger partial charge on any atom is -0.492 e. The molecule has 8 nitrogen and oxygen atoms in total. The number of carbonyl (C=O) groups excluding carboxylic acids is 1. The Morgan fingerprint density at radius 3 is 2.05 bits per heavy atom. The van der Waals surface area contributed by atoms with Gasteiger partial charge >= 0.3 is 0 Å². The lowest BCUT2D eigenvalue weighted by molar-refractivity contribution is -0.116. The number of hydrogen-bond donors (Lipinski definition) is 2. The lowest BCUT2D eigenvalue weighted by atomic mass is 10.0. The van der Waals surface area contributed by atoms with Gasteiger partial charge in [-0.15, -0.1) is 11.8 Å². The second-order valence-electron chi connectivity index (χ2n) is 8.85. The van der Waals surface area contributed by atoms with E-state index in [4.69, 9.17) is 14.9 Å². The predicted molar refractivity (Wildman–Crippen MR) is 166 cm³/mol. The summed E-state index contributed by atoms with van der Waals surface area (Å²) in [5.74, 6) is 1.45. The number of nitrogens with zero attached hydrogens (tertiary/aromatic N) is 4. The molecule has 0 amide bonds. The highest BCUT2D eigenvalue weighted by Crippen LogP contribution is 2.24. The third kappa shape index (κ3) is 16.7. The highest BCUT2D eigenvalue weighted by Gasteiger charge is 2.23. The Kier molecular flexibility index (Phi) is 25.6. The van der Waals surface area contributed by atoms with Crippen LogP contribution in [0.5, 0.6) is 5.75 Å². The van der Waals surface area contributed by atoms with Gasteiger partial charge in [-0.05, 0) is 57.2 Å². The van der Waals surface area contributed by atoms with Crippen molar-refractivity contribution >= 4 is 23.5 Å². The Labute approximate surface area is 246 Å². The molecule has 230 valence electrons. The topological polar surface area (TPSA) is 99.0 Å². The summed E-state index contributed by atoms with van der Waals surface area (Å²) in [4.78, 5) is 24.0. The number of Topliss-reactive ketones (excluding diaryl/α,β-unsaturated/α-hetero) is 1. The van der Waals surface area contributed by atoms with Gasteiger partial charge in [0, 0.05) is 69.7 Å². The molecule has 1 aliphatic heterocycles. The average molecular weight is 585 g/mol. The van der Waals surface area contributed by atoms with Crippen molar-refractivity contribution in [1.29, 1.82) is 0 Å². The molecule has 0 radical (unpaired) electrons. The monoisotopic (exact) mass is 584 g/mol. The third-order valence-corrected chi connectivity index (χ3v) is 6.58. The van der Waals surface area contributed by atoms with Gasteiger partial charge in [-0.3, -0.25) is 4.90 Å². The van der Waals surface area contributed by atoms with Gasteiger partial charge in [0.2, 0.25) is 5.95 Å². The van der Waals surface area contributed by atoms with E-state index < -0.39 is 0 Å². The zero-order chi connectivity index (χ0) is 30.9. The quantitative estimate of drug-likeness (QED) is 0.370. The summed E-state index contributed by atoms with van der Waals surface area (Å²) in [7, 11) is 4.13. The molecule has 2 N–H and O–H groups in total. The summed E-state index contributed by atoms with van der Waals surface area (Å²) in [6.07, 6.45) is 10.7. The van der Waals surface area contributed by atoms with E-state index in [1.54, 1.807) is 13.0 Å². The molecular weight excluding hydrogens is 531 g/mol. The second kappa shape index (κ2) is 25.7. The van der Waals surface area contributed by atoms with E-state index in [0.29, 0.717) is 29.7 Å². The summed E-state index contributed by atoms with van der Waals surface area (Å²) in [5, 5.41) is 14.0. The summed E-state index contributed by atoms with van der Waals surface area (Å²) < 4.78 is 19.6. The maximum Gasteiger partial charge on any atom is 0.225 e. The number of anilines is 1. The maximum absolute atomic E-state index is 13.8. The number of aliphatic hydroxyl groups excluding tert-OH is 2. The van der Waals surface area contributed by atoms with Crippen LogP contribution in [0.15, 0.2) is 35.5 Å². The van der Waals surface area contributed by atoms with E-state index in [1.807, 2.05) is 31.6 Å². The van der Waals surface area contributed by atoms with Crippen molar-refractivity contribution in [3.05, 3.63) is 42.0 Å². The zero-order valence-electron chi connectivity index (χ0n) is 26.1. The first-order valence-corrected chi connectivity index (χ1v) is 15.1. The number of aromatic nitrogens is 2. The van der Waals surface area contributed by atoms with Gasteiger partial charge in [-0.25, -0.2) is 14.4 Å². The van der Waals surface area contributed by atoms with Gasteiger partial charge < -0.3 is 24.6 Å². The summed E-state index contributed by atoms with van der Waals surface area (Å²) in [6.45, 7) is 13.1. The van der Waals surface area contributed by atoms with E-state index in [2.05, 4.69) is 47.6 Å². The lowest BCUT2D eigenvalue weighted by Gasteiger charge is -2.36. The molecule has 1 fully saturated rings. The molecular formula is C30H53FN4O4S. The van der Waals surface area contributed by atoms with Crippen molar-refractivity contribution < 1.29 is 24.1 Å². The molecule has 40 heavy (non-hydrogen) atoms. The van der Waals surface area contributed by atoms with Crippen LogP contribution < -0.4 is 9.64 Å². The molecule has 0 spiro atoms. The highest BCUT2D eigenvalue weighted by atomic mass is 32.2. The number of rotatable bonds is 9. The van der Waals surface area contributed by atoms with Gasteiger partial charge in [-0.1, -0.05) is 34.1 Å². The van der Waals surface area contributed by atoms with Crippen LogP contribution in [0.4, 0.5) is 10.3 Å². The molecule has 0 atom stereocenters. The Morgan fingerprint density at radius 1 is 1.10 bits per heavy atom. The largest absolute Gasteiger partial charge is 0.492 e. The van der Waals surface area contributed by atoms with Crippen molar-refractivity contribution in [2.75, 3.05) is 58.7 Å². The number of aliphatic hydroxyl groups is 2. The van der Waals surface area contributed by atoms with Crippen molar-refractivity contribution in [3.63, 3.8) is 0 Å². The highest BCUT2D eigenvalue weighted by molar-refractivity contribution is 7.98.